The van der Waals surface area contributed by atoms with E-state index in [1.807, 2.05) is 5.32 Å². The van der Waals surface area contributed by atoms with Gasteiger partial charge in [0.2, 0.25) is 16.3 Å². The Morgan fingerprint density at radius 3 is 2.26 bits per heavy atom. The molecule has 1 aliphatic rings. The molecule has 190 valence electrons. The maximum Gasteiger partial charge on any atom is 0.286 e. The zero-order valence-electron chi connectivity index (χ0n) is 18.9. The van der Waals surface area contributed by atoms with E-state index in [0.29, 0.717) is 12.1 Å². The summed E-state index contributed by atoms with van der Waals surface area (Å²) in [5.74, 6) is -8.28. The minimum absolute atomic E-state index is 0.0769. The third kappa shape index (κ3) is 5.22. The highest BCUT2D eigenvalue weighted by atomic mass is 32.2. The third-order valence-corrected chi connectivity index (χ3v) is 7.23. The molecule has 2 amide bonds. The molecule has 14 heteroatoms. The highest BCUT2D eigenvalue weighted by Crippen LogP contribution is 2.31. The van der Waals surface area contributed by atoms with E-state index in [0.717, 1.165) is 10.8 Å². The predicted molar refractivity (Wildman–Crippen MR) is 115 cm³/mol. The Labute approximate surface area is 198 Å². The van der Waals surface area contributed by atoms with Crippen LogP contribution in [0.3, 0.4) is 0 Å². The number of anilines is 1. The minimum Gasteiger partial charge on any atom is -0.343 e. The van der Waals surface area contributed by atoms with Crippen LogP contribution in [-0.4, -0.2) is 55.1 Å². The van der Waals surface area contributed by atoms with Gasteiger partial charge in [-0.2, -0.15) is 0 Å². The molecular weight excluding hydrogens is 496 g/mol. The van der Waals surface area contributed by atoms with Crippen molar-refractivity contribution in [1.82, 2.24) is 14.2 Å². The van der Waals surface area contributed by atoms with Gasteiger partial charge in [-0.05, 0) is 11.8 Å². The summed E-state index contributed by atoms with van der Waals surface area (Å²) in [5.41, 5.74) is -2.07. The van der Waals surface area contributed by atoms with Crippen LogP contribution in [-0.2, 0) is 26.7 Å². The minimum atomic E-state index is -4.50. The fourth-order valence-corrected chi connectivity index (χ4v) is 5.49. The molecule has 1 saturated heterocycles. The summed E-state index contributed by atoms with van der Waals surface area (Å²) in [6, 6.07) is 0.241. The molecule has 0 aliphatic carbocycles. The number of carbonyl (C=O) groups excluding carboxylic acids is 3. The van der Waals surface area contributed by atoms with E-state index in [9.17, 15) is 36.0 Å². The van der Waals surface area contributed by atoms with Gasteiger partial charge in [-0.1, -0.05) is 13.8 Å². The zero-order valence-corrected chi connectivity index (χ0v) is 19.7. The molecule has 1 unspecified atom stereocenters. The van der Waals surface area contributed by atoms with Gasteiger partial charge in [0.15, 0.2) is 23.3 Å². The molecule has 35 heavy (non-hydrogen) atoms. The molecule has 1 fully saturated rings. The van der Waals surface area contributed by atoms with Crippen molar-refractivity contribution < 1.29 is 40.4 Å². The number of carbonyl (C=O) groups is 3. The molecule has 1 aromatic carbocycles. The van der Waals surface area contributed by atoms with Crippen molar-refractivity contribution in [1.29, 1.82) is 0 Å². The zero-order chi connectivity index (χ0) is 26.3. The van der Waals surface area contributed by atoms with Crippen molar-refractivity contribution in [2.75, 3.05) is 18.4 Å². The van der Waals surface area contributed by atoms with Crippen LogP contribution in [0.1, 0.15) is 30.8 Å². The van der Waals surface area contributed by atoms with Gasteiger partial charge in [0, 0.05) is 50.2 Å². The number of benzene rings is 1. The second-order valence-corrected chi connectivity index (χ2v) is 10.5. The quantitative estimate of drug-likeness (QED) is 0.262. The van der Waals surface area contributed by atoms with Crippen molar-refractivity contribution in [2.24, 2.45) is 12.5 Å². The normalized spacial score (nSPS) is 17.8. The Balaban J connectivity index is 1.84. The number of nitrogens with one attached hydrogen (secondary N) is 2. The van der Waals surface area contributed by atoms with Crippen LogP contribution >= 0.6 is 0 Å². The number of halogens is 4. The first-order valence-electron chi connectivity index (χ1n) is 10.2. The van der Waals surface area contributed by atoms with Crippen molar-refractivity contribution in [3.8, 4) is 0 Å². The lowest BCUT2D eigenvalue weighted by atomic mass is 9.79. The van der Waals surface area contributed by atoms with Gasteiger partial charge in [-0.15, -0.1) is 0 Å². The van der Waals surface area contributed by atoms with E-state index >= 15 is 4.39 Å². The Morgan fingerprint density at radius 2 is 1.71 bits per heavy atom. The first kappa shape index (κ1) is 26.3. The highest BCUT2D eigenvalue weighted by Gasteiger charge is 2.41. The molecule has 1 aliphatic heterocycles. The van der Waals surface area contributed by atoms with E-state index in [1.54, 1.807) is 13.8 Å². The summed E-state index contributed by atoms with van der Waals surface area (Å²) in [5, 5.41) is 2.00. The van der Waals surface area contributed by atoms with Gasteiger partial charge in [-0.25, -0.2) is 30.7 Å². The second kappa shape index (κ2) is 9.41. The number of hydrogen-bond acceptors (Lipinski definition) is 5. The molecule has 9 nitrogen and oxygen atoms in total. The van der Waals surface area contributed by atoms with Crippen LogP contribution < -0.4 is 10.0 Å². The number of nitrogens with zero attached hydrogens (tertiary/aromatic N) is 2. The van der Waals surface area contributed by atoms with Gasteiger partial charge in [0.05, 0.1) is 0 Å². The van der Waals surface area contributed by atoms with Crippen LogP contribution in [0, 0.1) is 28.7 Å². The van der Waals surface area contributed by atoms with E-state index in [1.165, 1.54) is 11.9 Å². The SMILES string of the molecule is Cn1cc(S(=O)(=O)NC2CCN(C(=O)C=O)CC2(C)C)c(F)c1C(=O)Nc1cc(F)c(F)c(F)c1. The van der Waals surface area contributed by atoms with Crippen LogP contribution in [0.25, 0.3) is 0 Å². The molecule has 0 saturated carbocycles. The van der Waals surface area contributed by atoms with Crippen LogP contribution in [0.2, 0.25) is 0 Å². The Morgan fingerprint density at radius 1 is 1.11 bits per heavy atom. The fraction of sp³-hybridized carbons (Fsp3) is 0.381. The van der Waals surface area contributed by atoms with Crippen molar-refractivity contribution >= 4 is 33.8 Å². The lowest BCUT2D eigenvalue weighted by Gasteiger charge is -2.43. The van der Waals surface area contributed by atoms with E-state index < -0.39 is 72.8 Å². The highest BCUT2D eigenvalue weighted by molar-refractivity contribution is 7.89. The average Bonchev–Trinajstić information content (AvgIpc) is 3.07. The van der Waals surface area contributed by atoms with Gasteiger partial charge in [0.25, 0.3) is 11.8 Å². The molecule has 2 N–H and O–H groups in total. The number of sulfonamides is 1. The van der Waals surface area contributed by atoms with Gasteiger partial charge in [-0.3, -0.25) is 14.4 Å². The molecule has 2 heterocycles. The maximum absolute atomic E-state index is 15.1. The fourth-order valence-electron chi connectivity index (χ4n) is 3.92. The first-order chi connectivity index (χ1) is 16.2. The van der Waals surface area contributed by atoms with Crippen molar-refractivity contribution in [2.45, 2.75) is 31.2 Å². The molecule has 0 spiro atoms. The number of rotatable bonds is 6. The standard InChI is InChI=1S/C21H22F4N4O5S/c1-21(2)10-29(16(31)9-30)5-4-15(21)27-35(33,34)14-8-28(3)19(18(14)25)20(32)26-11-6-12(22)17(24)13(23)7-11/h6-9,15,27H,4-5,10H2,1-3H3,(H,26,32). The number of aldehydes is 1. The molecule has 1 atom stereocenters. The van der Waals surface area contributed by atoms with E-state index in [2.05, 4.69) is 4.72 Å². The monoisotopic (exact) mass is 518 g/mol. The van der Waals surface area contributed by atoms with Crippen LogP contribution in [0.4, 0.5) is 23.2 Å². The third-order valence-electron chi connectivity index (χ3n) is 5.77. The number of likely N-dealkylation sites (tertiary alicyclic amines) is 1. The number of hydrogen-bond donors (Lipinski definition) is 2. The van der Waals surface area contributed by atoms with Crippen molar-refractivity contribution in [3.05, 3.63) is 47.3 Å². The molecule has 0 radical (unpaired) electrons. The Kier molecular flexibility index (Phi) is 7.09. The summed E-state index contributed by atoms with van der Waals surface area (Å²) in [6.45, 7) is 3.52. The lowest BCUT2D eigenvalue weighted by molar-refractivity contribution is -0.141. The van der Waals surface area contributed by atoms with E-state index in [4.69, 9.17) is 0 Å². The summed E-state index contributed by atoms with van der Waals surface area (Å²) in [4.78, 5) is 35.4. The van der Waals surface area contributed by atoms with E-state index in [-0.39, 0.29) is 25.8 Å². The van der Waals surface area contributed by atoms with Gasteiger partial charge >= 0.3 is 0 Å². The number of piperidine rings is 1. The molecular formula is C21H22F4N4O5S. The summed E-state index contributed by atoms with van der Waals surface area (Å²) < 4.78 is 84.3. The van der Waals surface area contributed by atoms with Crippen LogP contribution in [0.15, 0.2) is 23.2 Å². The number of aryl methyl sites for hydroxylation is 1. The molecule has 0 bridgehead atoms. The van der Waals surface area contributed by atoms with Crippen LogP contribution in [0.5, 0.6) is 0 Å². The number of amides is 2. The summed E-state index contributed by atoms with van der Waals surface area (Å²) >= 11 is 0. The maximum atomic E-state index is 15.1. The van der Waals surface area contributed by atoms with Gasteiger partial charge in [0.1, 0.15) is 10.6 Å². The number of aromatic nitrogens is 1. The largest absolute Gasteiger partial charge is 0.343 e. The van der Waals surface area contributed by atoms with Crippen molar-refractivity contribution in [3.63, 3.8) is 0 Å². The predicted octanol–water partition coefficient (Wildman–Crippen LogP) is 1.94. The first-order valence-corrected chi connectivity index (χ1v) is 11.7. The van der Waals surface area contributed by atoms with Gasteiger partial charge < -0.3 is 14.8 Å². The Bertz CT molecular complexity index is 1290. The molecule has 2 aromatic rings. The topological polar surface area (TPSA) is 118 Å². The lowest BCUT2D eigenvalue weighted by Crippen LogP contribution is -2.57. The summed E-state index contributed by atoms with van der Waals surface area (Å²) in [7, 11) is -3.31. The molecule has 3 rings (SSSR count). The second-order valence-electron chi connectivity index (χ2n) is 8.80. The smallest absolute Gasteiger partial charge is 0.286 e. The Hall–Kier alpha value is -3.26. The summed E-state index contributed by atoms with van der Waals surface area (Å²) in [6.07, 6.45) is 1.17. The molecule has 1 aromatic heterocycles. The average molecular weight is 518 g/mol.